The molecular formula is C77H69BrCl3N15O4. The van der Waals surface area contributed by atoms with Crippen LogP contribution in [0.3, 0.4) is 0 Å². The van der Waals surface area contributed by atoms with Crippen LogP contribution in [0.5, 0.6) is 11.5 Å². The van der Waals surface area contributed by atoms with E-state index in [0.29, 0.717) is 69.7 Å². The smallest absolute Gasteiger partial charge is 0.248 e. The minimum absolute atomic E-state index is 0. The van der Waals surface area contributed by atoms with Crippen LogP contribution in [0.2, 0.25) is 10.0 Å². The highest BCUT2D eigenvalue weighted by Gasteiger charge is 2.20. The van der Waals surface area contributed by atoms with Gasteiger partial charge in [-0.3, -0.25) is 9.59 Å². The third kappa shape index (κ3) is 16.9. The van der Waals surface area contributed by atoms with Gasteiger partial charge in [-0.05, 0) is 164 Å². The maximum Gasteiger partial charge on any atom is 0.248 e. The van der Waals surface area contributed by atoms with Crippen LogP contribution < -0.4 is 31.2 Å². The second kappa shape index (κ2) is 32.5. The van der Waals surface area contributed by atoms with Crippen molar-refractivity contribution in [3.63, 3.8) is 0 Å². The Balaban J connectivity index is 0.000000184. The lowest BCUT2D eigenvalue weighted by molar-refractivity contribution is -0.112. The molecule has 504 valence electrons. The second-order valence-corrected chi connectivity index (χ2v) is 24.7. The molecule has 100 heavy (non-hydrogen) atoms. The molecule has 0 fully saturated rings. The highest BCUT2D eigenvalue weighted by molar-refractivity contribution is 9.09. The summed E-state index contributed by atoms with van der Waals surface area (Å²) in [7, 11) is 7.24. The van der Waals surface area contributed by atoms with Crippen molar-refractivity contribution in [3.8, 4) is 56.8 Å². The maximum absolute atomic E-state index is 12.4. The van der Waals surface area contributed by atoms with E-state index in [0.717, 1.165) is 112 Å². The second-order valence-electron chi connectivity index (χ2n) is 22.9. The number of nitrogens with zero attached hydrogens (tertiary/aromatic N) is 9. The average molecular weight is 1450 g/mol. The number of fused-ring (bicyclic) bond motifs is 4. The summed E-state index contributed by atoms with van der Waals surface area (Å²) < 4.78 is 15.1. The van der Waals surface area contributed by atoms with E-state index in [-0.39, 0.29) is 13.3 Å². The normalized spacial score (nSPS) is 11.2. The molecule has 7 N–H and O–H groups in total. The molecule has 14 aromatic rings. The molecule has 19 nitrogen and oxygen atoms in total. The molecule has 0 aliphatic heterocycles. The number of carbonyl (C=O) groups excluding carboxylic acids is 2. The summed E-state index contributed by atoms with van der Waals surface area (Å²) in [5, 5.41) is 12.9. The molecule has 8 aromatic carbocycles. The maximum atomic E-state index is 12.4. The van der Waals surface area contributed by atoms with Gasteiger partial charge >= 0.3 is 0 Å². The third-order valence-corrected chi connectivity index (χ3v) is 16.9. The Morgan fingerprint density at radius 2 is 1.03 bits per heavy atom. The predicted molar refractivity (Wildman–Crippen MR) is 411 cm³/mol. The number of ether oxygens (including phenoxy) is 2. The molecule has 0 atom stereocenters. The number of imidazole rings is 2. The fourth-order valence-corrected chi connectivity index (χ4v) is 11.7. The number of benzene rings is 8. The van der Waals surface area contributed by atoms with E-state index < -0.39 is 5.24 Å². The average Bonchev–Trinajstić information content (AvgIpc) is 1.63. The first-order valence-electron chi connectivity index (χ1n) is 31.2. The van der Waals surface area contributed by atoms with Crippen molar-refractivity contribution in [2.45, 2.75) is 20.5 Å². The van der Waals surface area contributed by atoms with Gasteiger partial charge in [0, 0.05) is 110 Å². The molecule has 0 saturated carbocycles. The molecule has 6 heterocycles. The number of carbonyl (C=O) groups is 2. The highest BCUT2D eigenvalue weighted by Crippen LogP contribution is 2.37. The SMILES string of the molecule is C.COc1ccc(Cn2c(-c3ccc(N)cc3)nc3cc(Nc4ncc(Cl)c(-c5c[nH]c6ccccc56)n4)ccc32)cc1.COc1ccc(Cn2c(-c3ccc(NC(=O)/C=C/CN(C)C)cc3)nc3cc(Nc4ncc(Cl)c(-c5c[nH]c6ccccc56)n4)ccc32)cc1.O=C(Cl)/C=C/CBr. The highest BCUT2D eigenvalue weighted by atomic mass is 79.9. The number of nitrogens with one attached hydrogen (secondary N) is 5. The zero-order valence-corrected chi connectivity index (χ0v) is 57.9. The van der Waals surface area contributed by atoms with Gasteiger partial charge in [0.2, 0.25) is 23.0 Å². The standard InChI is InChI=1S/C39H35ClN8O2.C33H26ClN7O.C4H4BrClO.CH4/c1-47(2)20-6-9-36(49)43-27-14-12-26(13-15-27)38-45-34-21-28(16-19-35(34)48(38)24-25-10-17-29(50-3)18-11-25)44-39-42-23-32(40)37(46-39)31-22-41-33-8-5-4-7-30(31)33;1-42-24-13-6-20(7-14-24)19-41-30-15-12-23(16-29(30)39-32(41)21-8-10-22(35)11-9-21)38-33-37-18-27(34)31(40-33)26-17-36-28-5-3-2-4-25(26)28;5-3-1-2-4(6)7;/h4-19,21-23,41H,20,24H2,1-3H3,(H,43,49)(H,42,44,46);2-18,36H,19,35H2,1H3,(H,37,38,40);1-2H,3H2;1H4/b9-6+;;2-1+;. The number of likely N-dealkylation sites (N-methyl/N-ethyl adjacent to an activating group) is 1. The number of H-pyrrole nitrogens is 2. The lowest BCUT2D eigenvalue weighted by Crippen LogP contribution is -2.12. The summed E-state index contributed by atoms with van der Waals surface area (Å²) in [5.74, 6) is 3.94. The summed E-state index contributed by atoms with van der Waals surface area (Å²) in [5.41, 5.74) is 21.8. The first-order chi connectivity index (χ1) is 48.2. The van der Waals surface area contributed by atoms with E-state index in [1.807, 2.05) is 189 Å². The van der Waals surface area contributed by atoms with Gasteiger partial charge in [-0.15, -0.1) is 0 Å². The Labute approximate surface area is 600 Å². The number of alkyl halides is 1. The van der Waals surface area contributed by atoms with Gasteiger partial charge in [0.15, 0.2) is 0 Å². The lowest BCUT2D eigenvalue weighted by atomic mass is 10.1. The minimum atomic E-state index is -0.431. The van der Waals surface area contributed by atoms with Crippen molar-refractivity contribution in [2.75, 3.05) is 61.9 Å². The van der Waals surface area contributed by atoms with E-state index in [2.05, 4.69) is 91.3 Å². The number of hydrogen-bond acceptors (Lipinski definition) is 14. The van der Waals surface area contributed by atoms with Crippen LogP contribution in [0, 0.1) is 0 Å². The number of anilines is 6. The predicted octanol–water partition coefficient (Wildman–Crippen LogP) is 18.2. The summed E-state index contributed by atoms with van der Waals surface area (Å²) in [6, 6.07) is 59.7. The number of allylic oxidation sites excluding steroid dienone is 2. The largest absolute Gasteiger partial charge is 0.497 e. The van der Waals surface area contributed by atoms with Gasteiger partial charge in [0.05, 0.1) is 70.1 Å². The molecule has 0 unspecified atom stereocenters. The number of amides is 1. The lowest BCUT2D eigenvalue weighted by Gasteiger charge is -2.12. The Kier molecular flexibility index (Phi) is 22.8. The Morgan fingerprint density at radius 3 is 1.46 bits per heavy atom. The summed E-state index contributed by atoms with van der Waals surface area (Å²) >= 11 is 21.1. The number of rotatable bonds is 20. The van der Waals surface area contributed by atoms with E-state index in [1.54, 1.807) is 38.8 Å². The number of methoxy groups -OCH3 is 2. The van der Waals surface area contributed by atoms with E-state index >= 15 is 0 Å². The van der Waals surface area contributed by atoms with Crippen LogP contribution in [-0.2, 0) is 22.7 Å². The van der Waals surface area contributed by atoms with Crippen molar-refractivity contribution in [1.29, 1.82) is 0 Å². The van der Waals surface area contributed by atoms with E-state index in [9.17, 15) is 9.59 Å². The van der Waals surface area contributed by atoms with Crippen molar-refractivity contribution in [3.05, 3.63) is 252 Å². The zero-order valence-electron chi connectivity index (χ0n) is 54.0. The first kappa shape index (κ1) is 70.2. The molecule has 6 aromatic heterocycles. The Hall–Kier alpha value is -11.1. The molecule has 0 bridgehead atoms. The third-order valence-electron chi connectivity index (χ3n) is 15.8. The first-order valence-corrected chi connectivity index (χ1v) is 33.4. The van der Waals surface area contributed by atoms with Gasteiger partial charge in [-0.25, -0.2) is 29.9 Å². The number of hydrogen-bond donors (Lipinski definition) is 6. The van der Waals surface area contributed by atoms with Crippen LogP contribution in [0.1, 0.15) is 18.6 Å². The van der Waals surface area contributed by atoms with Gasteiger partial charge in [0.1, 0.15) is 23.1 Å². The van der Waals surface area contributed by atoms with Crippen LogP contribution in [0.4, 0.5) is 34.6 Å². The van der Waals surface area contributed by atoms with Crippen LogP contribution in [0.15, 0.2) is 231 Å². The summed E-state index contributed by atoms with van der Waals surface area (Å²) in [4.78, 5) is 59.4. The summed E-state index contributed by atoms with van der Waals surface area (Å²) in [6.07, 6.45) is 13.4. The van der Waals surface area contributed by atoms with Crippen molar-refractivity contribution in [1.82, 2.24) is 53.9 Å². The number of nitrogens with two attached hydrogens (primary N) is 1. The zero-order chi connectivity index (χ0) is 68.9. The van der Waals surface area contributed by atoms with Crippen LogP contribution >= 0.6 is 50.7 Å². The van der Waals surface area contributed by atoms with Crippen molar-refractivity contribution >= 4 is 140 Å². The number of nitrogen functional groups attached to an aromatic ring is 1. The van der Waals surface area contributed by atoms with Gasteiger partial charge in [-0.2, -0.15) is 0 Å². The molecule has 0 aliphatic rings. The molecule has 23 heteroatoms. The van der Waals surface area contributed by atoms with Crippen molar-refractivity contribution < 1.29 is 19.1 Å². The molecule has 0 radical (unpaired) electrons. The minimum Gasteiger partial charge on any atom is -0.497 e. The fraction of sp³-hybridized carbons (Fsp3) is 0.117. The van der Waals surface area contributed by atoms with E-state index in [1.165, 1.54) is 6.08 Å². The fourth-order valence-electron chi connectivity index (χ4n) is 11.1. The molecule has 14 rings (SSSR count). The van der Waals surface area contributed by atoms with E-state index in [4.69, 9.17) is 69.9 Å². The monoisotopic (exact) mass is 1450 g/mol. The van der Waals surface area contributed by atoms with Crippen LogP contribution in [0.25, 0.3) is 89.2 Å². The van der Waals surface area contributed by atoms with Gasteiger partial charge in [0.25, 0.3) is 0 Å². The topological polar surface area (TPSA) is 237 Å². The Bertz CT molecular complexity index is 5250. The quantitative estimate of drug-likeness (QED) is 0.0180. The number of halogens is 4. The molecule has 0 spiro atoms. The van der Waals surface area contributed by atoms with Gasteiger partial charge < -0.3 is 55.2 Å². The molecule has 0 aliphatic carbocycles. The number of aromatic nitrogens is 10. The molecular weight excluding hydrogens is 1390 g/mol. The summed E-state index contributed by atoms with van der Waals surface area (Å²) in [6.45, 7) is 1.92. The number of aromatic amines is 2. The van der Waals surface area contributed by atoms with Crippen LogP contribution in [-0.4, -0.2) is 105 Å². The van der Waals surface area contributed by atoms with Gasteiger partial charge in [-0.1, -0.05) is 119 Å². The number of para-hydroxylation sites is 2. The molecule has 1 amide bonds. The molecule has 0 saturated heterocycles. The van der Waals surface area contributed by atoms with Crippen molar-refractivity contribution in [2.24, 2.45) is 0 Å². The Morgan fingerprint density at radius 1 is 0.580 bits per heavy atom.